The van der Waals surface area contributed by atoms with Crippen molar-refractivity contribution < 1.29 is 19.1 Å². The molecule has 5 heteroatoms. The van der Waals surface area contributed by atoms with Gasteiger partial charge < -0.3 is 14.8 Å². The number of methoxy groups -OCH3 is 1. The van der Waals surface area contributed by atoms with Crippen molar-refractivity contribution in [3.8, 4) is 5.75 Å². The molecule has 0 heterocycles. The lowest BCUT2D eigenvalue weighted by atomic mass is 9.86. The molecule has 0 aliphatic heterocycles. The summed E-state index contributed by atoms with van der Waals surface area (Å²) in [6.07, 6.45) is 0. The molecule has 138 valence electrons. The predicted molar refractivity (Wildman–Crippen MR) is 102 cm³/mol. The van der Waals surface area contributed by atoms with Crippen LogP contribution in [0.3, 0.4) is 0 Å². The van der Waals surface area contributed by atoms with Crippen molar-refractivity contribution in [2.75, 3.05) is 19.0 Å². The normalized spacial score (nSPS) is 11.0. The Bertz CT molecular complexity index is 806. The summed E-state index contributed by atoms with van der Waals surface area (Å²) in [7, 11) is 1.32. The molecule has 26 heavy (non-hydrogen) atoms. The Morgan fingerprint density at radius 2 is 1.77 bits per heavy atom. The molecule has 0 atom stereocenters. The van der Waals surface area contributed by atoms with E-state index in [-0.39, 0.29) is 17.9 Å². The van der Waals surface area contributed by atoms with Gasteiger partial charge in [0.15, 0.2) is 6.61 Å². The summed E-state index contributed by atoms with van der Waals surface area (Å²) in [5, 5.41) is 2.79. The van der Waals surface area contributed by atoms with E-state index in [9.17, 15) is 9.59 Å². The standard InChI is InChI=1S/C21H25NO4/c1-14-10-11-15(20(24)25-5)12-17(14)22-19(23)13-26-18-9-7-6-8-16(18)21(2,3)4/h6-12H,13H2,1-5H3,(H,22,23). The van der Waals surface area contributed by atoms with Crippen molar-refractivity contribution in [1.82, 2.24) is 0 Å². The number of nitrogens with one attached hydrogen (secondary N) is 1. The van der Waals surface area contributed by atoms with Crippen molar-refractivity contribution in [2.24, 2.45) is 0 Å². The molecule has 0 aliphatic rings. The summed E-state index contributed by atoms with van der Waals surface area (Å²) in [5.41, 5.74) is 2.74. The van der Waals surface area contributed by atoms with Gasteiger partial charge in [-0.05, 0) is 41.7 Å². The molecule has 0 unspecified atom stereocenters. The Morgan fingerprint density at radius 3 is 2.42 bits per heavy atom. The molecule has 0 saturated carbocycles. The van der Waals surface area contributed by atoms with E-state index in [1.165, 1.54) is 7.11 Å². The number of benzene rings is 2. The number of carbonyl (C=O) groups excluding carboxylic acids is 2. The first-order valence-corrected chi connectivity index (χ1v) is 8.43. The number of carbonyl (C=O) groups is 2. The highest BCUT2D eigenvalue weighted by atomic mass is 16.5. The van der Waals surface area contributed by atoms with E-state index in [1.807, 2.05) is 31.2 Å². The number of rotatable bonds is 5. The average molecular weight is 355 g/mol. The highest BCUT2D eigenvalue weighted by Crippen LogP contribution is 2.30. The molecule has 1 amide bonds. The maximum Gasteiger partial charge on any atom is 0.337 e. The van der Waals surface area contributed by atoms with Crippen LogP contribution < -0.4 is 10.1 Å². The van der Waals surface area contributed by atoms with Crippen molar-refractivity contribution in [2.45, 2.75) is 33.1 Å². The zero-order valence-corrected chi connectivity index (χ0v) is 15.9. The first-order chi connectivity index (χ1) is 12.2. The molecule has 0 saturated heterocycles. The van der Waals surface area contributed by atoms with Crippen LogP contribution in [0.25, 0.3) is 0 Å². The molecule has 2 aromatic rings. The van der Waals surface area contributed by atoms with Gasteiger partial charge >= 0.3 is 5.97 Å². The maximum absolute atomic E-state index is 12.3. The van der Waals surface area contributed by atoms with Crippen LogP contribution in [0.5, 0.6) is 5.75 Å². The van der Waals surface area contributed by atoms with E-state index < -0.39 is 5.97 Å². The second kappa shape index (κ2) is 8.04. The minimum absolute atomic E-state index is 0.0848. The Labute approximate surface area is 154 Å². The fourth-order valence-corrected chi connectivity index (χ4v) is 2.54. The zero-order valence-electron chi connectivity index (χ0n) is 15.9. The zero-order chi connectivity index (χ0) is 19.3. The van der Waals surface area contributed by atoms with Crippen LogP contribution in [-0.2, 0) is 14.9 Å². The molecule has 5 nitrogen and oxygen atoms in total. The fourth-order valence-electron chi connectivity index (χ4n) is 2.54. The van der Waals surface area contributed by atoms with E-state index in [0.29, 0.717) is 17.0 Å². The van der Waals surface area contributed by atoms with Gasteiger partial charge in [0.2, 0.25) is 0 Å². The molecule has 0 fully saturated rings. The minimum Gasteiger partial charge on any atom is -0.483 e. The third-order valence-electron chi connectivity index (χ3n) is 3.99. The van der Waals surface area contributed by atoms with Crippen molar-refractivity contribution >= 4 is 17.6 Å². The molecule has 0 radical (unpaired) electrons. The number of aryl methyl sites for hydroxylation is 1. The number of ether oxygens (including phenoxy) is 2. The Hall–Kier alpha value is -2.82. The molecular formula is C21H25NO4. The predicted octanol–water partition coefficient (Wildman–Crippen LogP) is 4.10. The van der Waals surface area contributed by atoms with E-state index in [4.69, 9.17) is 9.47 Å². The van der Waals surface area contributed by atoms with Crippen molar-refractivity contribution in [1.29, 1.82) is 0 Å². The van der Waals surface area contributed by atoms with Gasteiger partial charge in [-0.2, -0.15) is 0 Å². The van der Waals surface area contributed by atoms with Crippen LogP contribution in [0.1, 0.15) is 42.3 Å². The van der Waals surface area contributed by atoms with Gasteiger partial charge in [-0.25, -0.2) is 4.79 Å². The molecule has 0 aromatic heterocycles. The number of amides is 1. The minimum atomic E-state index is -0.448. The number of hydrogen-bond donors (Lipinski definition) is 1. The molecule has 2 rings (SSSR count). The number of hydrogen-bond acceptors (Lipinski definition) is 4. The first-order valence-electron chi connectivity index (χ1n) is 8.43. The molecule has 1 N–H and O–H groups in total. The van der Waals surface area contributed by atoms with E-state index in [2.05, 4.69) is 26.1 Å². The SMILES string of the molecule is COC(=O)c1ccc(C)c(NC(=O)COc2ccccc2C(C)(C)C)c1. The molecule has 0 spiro atoms. The topological polar surface area (TPSA) is 64.6 Å². The molecular weight excluding hydrogens is 330 g/mol. The number of esters is 1. The molecule has 2 aromatic carbocycles. The summed E-state index contributed by atoms with van der Waals surface area (Å²) < 4.78 is 10.4. The summed E-state index contributed by atoms with van der Waals surface area (Å²) in [5.74, 6) is -0.0511. The summed E-state index contributed by atoms with van der Waals surface area (Å²) in [4.78, 5) is 23.9. The highest BCUT2D eigenvalue weighted by Gasteiger charge is 2.19. The van der Waals surface area contributed by atoms with E-state index in [0.717, 1.165) is 11.1 Å². The van der Waals surface area contributed by atoms with Gasteiger partial charge in [-0.15, -0.1) is 0 Å². The van der Waals surface area contributed by atoms with Gasteiger partial charge in [0, 0.05) is 5.69 Å². The monoisotopic (exact) mass is 355 g/mol. The lowest BCUT2D eigenvalue weighted by Crippen LogP contribution is -2.22. The third kappa shape index (κ3) is 4.85. The molecule has 0 aliphatic carbocycles. The lowest BCUT2D eigenvalue weighted by Gasteiger charge is -2.22. The quantitative estimate of drug-likeness (QED) is 0.820. The van der Waals surface area contributed by atoms with E-state index in [1.54, 1.807) is 18.2 Å². The number of anilines is 1. The smallest absolute Gasteiger partial charge is 0.337 e. The Balaban J connectivity index is 2.08. The van der Waals surface area contributed by atoms with Gasteiger partial charge in [0.1, 0.15) is 5.75 Å². The second-order valence-electron chi connectivity index (χ2n) is 7.10. The fraction of sp³-hybridized carbons (Fsp3) is 0.333. The van der Waals surface area contributed by atoms with Crippen LogP contribution in [-0.4, -0.2) is 25.6 Å². The van der Waals surface area contributed by atoms with Crippen LogP contribution >= 0.6 is 0 Å². The van der Waals surface area contributed by atoms with Crippen LogP contribution in [0.4, 0.5) is 5.69 Å². The Morgan fingerprint density at radius 1 is 1.08 bits per heavy atom. The van der Waals surface area contributed by atoms with Crippen molar-refractivity contribution in [3.05, 3.63) is 59.2 Å². The summed E-state index contributed by atoms with van der Waals surface area (Å²) in [6, 6.07) is 12.7. The van der Waals surface area contributed by atoms with Crippen molar-refractivity contribution in [3.63, 3.8) is 0 Å². The largest absolute Gasteiger partial charge is 0.483 e. The molecule has 0 bridgehead atoms. The van der Waals surface area contributed by atoms with E-state index >= 15 is 0 Å². The van der Waals surface area contributed by atoms with Gasteiger partial charge in [0.05, 0.1) is 12.7 Å². The lowest BCUT2D eigenvalue weighted by molar-refractivity contribution is -0.118. The second-order valence-corrected chi connectivity index (χ2v) is 7.10. The Kier molecular flexibility index (Phi) is 6.03. The van der Waals surface area contributed by atoms with Crippen LogP contribution in [0, 0.1) is 6.92 Å². The third-order valence-corrected chi connectivity index (χ3v) is 3.99. The van der Waals surface area contributed by atoms with Gasteiger partial charge in [0.25, 0.3) is 5.91 Å². The van der Waals surface area contributed by atoms with Crippen LogP contribution in [0.15, 0.2) is 42.5 Å². The number of para-hydroxylation sites is 1. The highest BCUT2D eigenvalue weighted by molar-refractivity contribution is 5.95. The summed E-state index contributed by atoms with van der Waals surface area (Å²) >= 11 is 0. The van der Waals surface area contributed by atoms with Crippen LogP contribution in [0.2, 0.25) is 0 Å². The maximum atomic E-state index is 12.3. The van der Waals surface area contributed by atoms with Gasteiger partial charge in [-0.1, -0.05) is 45.0 Å². The average Bonchev–Trinajstić information content (AvgIpc) is 2.60. The summed E-state index contributed by atoms with van der Waals surface area (Å²) in [6.45, 7) is 8.02. The van der Waals surface area contributed by atoms with Gasteiger partial charge in [-0.3, -0.25) is 4.79 Å². The first kappa shape index (κ1) is 19.5.